The molecule has 1 aliphatic rings. The first-order valence-corrected chi connectivity index (χ1v) is 6.91. The predicted molar refractivity (Wildman–Crippen MR) is 74.3 cm³/mol. The van der Waals surface area contributed by atoms with Gasteiger partial charge in [-0.15, -0.1) is 0 Å². The Balaban J connectivity index is 2.29. The van der Waals surface area contributed by atoms with Gasteiger partial charge >= 0.3 is 6.18 Å². The summed E-state index contributed by atoms with van der Waals surface area (Å²) in [6.07, 6.45) is -4.59. The Morgan fingerprint density at radius 1 is 1.32 bits per heavy atom. The number of halogens is 4. The van der Waals surface area contributed by atoms with Crippen molar-refractivity contribution in [3.8, 4) is 0 Å². The van der Waals surface area contributed by atoms with Gasteiger partial charge in [0.15, 0.2) is 0 Å². The van der Waals surface area contributed by atoms with E-state index in [1.54, 1.807) is 19.1 Å². The van der Waals surface area contributed by atoms with Crippen molar-refractivity contribution in [3.63, 3.8) is 0 Å². The molecule has 1 saturated heterocycles. The second-order valence-corrected chi connectivity index (χ2v) is 5.69. The lowest BCUT2D eigenvalue weighted by Crippen LogP contribution is -2.37. The lowest BCUT2D eigenvalue weighted by atomic mass is 9.95. The van der Waals surface area contributed by atoms with Gasteiger partial charge in [-0.1, -0.05) is 17.7 Å². The number of likely N-dealkylation sites (tertiary alicyclic amines) is 1. The first-order chi connectivity index (χ1) is 10.1. The average Bonchev–Trinajstić information content (AvgIpc) is 2.86. The van der Waals surface area contributed by atoms with Gasteiger partial charge in [0.05, 0.1) is 11.8 Å². The van der Waals surface area contributed by atoms with Gasteiger partial charge in [-0.05, 0) is 24.6 Å². The van der Waals surface area contributed by atoms with Crippen LogP contribution in [0.25, 0.3) is 0 Å². The van der Waals surface area contributed by atoms with Crippen molar-refractivity contribution in [2.45, 2.75) is 13.1 Å². The molecule has 0 aliphatic carbocycles. The Bertz CT molecular complexity index is 619. The molecule has 2 atom stereocenters. The van der Waals surface area contributed by atoms with Gasteiger partial charge in [0.1, 0.15) is 0 Å². The predicted octanol–water partition coefficient (Wildman–Crippen LogP) is 2.38. The van der Waals surface area contributed by atoms with E-state index in [1.165, 1.54) is 6.07 Å². The van der Waals surface area contributed by atoms with Crippen molar-refractivity contribution in [1.82, 2.24) is 4.90 Å². The summed E-state index contributed by atoms with van der Waals surface area (Å²) < 4.78 is 39.0. The molecule has 1 aliphatic heterocycles. The van der Waals surface area contributed by atoms with E-state index in [0.717, 1.165) is 4.90 Å². The number of hydrogen-bond acceptors (Lipinski definition) is 2. The molecule has 1 fully saturated rings. The summed E-state index contributed by atoms with van der Waals surface area (Å²) in [6, 6.07) is 4.62. The van der Waals surface area contributed by atoms with E-state index < -0.39 is 36.4 Å². The van der Waals surface area contributed by atoms with Crippen LogP contribution in [0.1, 0.15) is 15.9 Å². The zero-order valence-corrected chi connectivity index (χ0v) is 12.4. The van der Waals surface area contributed by atoms with Crippen molar-refractivity contribution < 1.29 is 22.8 Å². The summed E-state index contributed by atoms with van der Waals surface area (Å²) in [7, 11) is 0. The van der Waals surface area contributed by atoms with E-state index in [2.05, 4.69) is 0 Å². The van der Waals surface area contributed by atoms with Crippen LogP contribution in [0.5, 0.6) is 0 Å². The standard InChI is InChI=1S/C14H14ClF3N2O2/c1-7-8(3-2-4-11(7)15)13(22)20-5-9(12(19)21)10(6-20)14(16,17)18/h2-4,9-10H,5-6H2,1H3,(H2,19,21)/t9-,10-/m1/s1. The molecule has 0 unspecified atom stereocenters. The monoisotopic (exact) mass is 334 g/mol. The third-order valence-corrected chi connectivity index (χ3v) is 4.30. The van der Waals surface area contributed by atoms with Crippen molar-refractivity contribution in [2.24, 2.45) is 17.6 Å². The van der Waals surface area contributed by atoms with Crippen LogP contribution in [-0.4, -0.2) is 36.0 Å². The van der Waals surface area contributed by atoms with E-state index in [1.807, 2.05) is 0 Å². The van der Waals surface area contributed by atoms with Crippen LogP contribution in [-0.2, 0) is 4.79 Å². The molecule has 0 saturated carbocycles. The number of primary amides is 1. The molecule has 1 heterocycles. The topological polar surface area (TPSA) is 63.4 Å². The van der Waals surface area contributed by atoms with Crippen LogP contribution in [0.2, 0.25) is 5.02 Å². The molecule has 22 heavy (non-hydrogen) atoms. The third-order valence-electron chi connectivity index (χ3n) is 3.89. The zero-order chi connectivity index (χ0) is 16.7. The van der Waals surface area contributed by atoms with E-state index in [9.17, 15) is 22.8 Å². The molecular weight excluding hydrogens is 321 g/mol. The van der Waals surface area contributed by atoms with Gasteiger partial charge in [0.2, 0.25) is 5.91 Å². The summed E-state index contributed by atoms with van der Waals surface area (Å²) in [5, 5.41) is 0.351. The molecule has 0 aromatic heterocycles. The van der Waals surface area contributed by atoms with Crippen LogP contribution in [0, 0.1) is 18.8 Å². The lowest BCUT2D eigenvalue weighted by molar-refractivity contribution is -0.182. The van der Waals surface area contributed by atoms with E-state index in [4.69, 9.17) is 17.3 Å². The van der Waals surface area contributed by atoms with Crippen molar-refractivity contribution >= 4 is 23.4 Å². The van der Waals surface area contributed by atoms with E-state index >= 15 is 0 Å². The molecule has 0 spiro atoms. The third kappa shape index (κ3) is 3.04. The summed E-state index contributed by atoms with van der Waals surface area (Å²) in [5.74, 6) is -5.00. The van der Waals surface area contributed by atoms with Crippen LogP contribution < -0.4 is 5.73 Å². The normalized spacial score (nSPS) is 22.0. The second-order valence-electron chi connectivity index (χ2n) is 5.28. The molecule has 2 rings (SSSR count). The maximum atomic E-state index is 13.0. The van der Waals surface area contributed by atoms with Crippen molar-refractivity contribution in [1.29, 1.82) is 0 Å². The van der Waals surface area contributed by atoms with Gasteiger partial charge in [0, 0.05) is 23.7 Å². The molecular formula is C14H14ClF3N2O2. The number of rotatable bonds is 2. The van der Waals surface area contributed by atoms with Crippen molar-refractivity contribution in [2.75, 3.05) is 13.1 Å². The molecule has 120 valence electrons. The Kier molecular flexibility index (Phi) is 4.37. The highest BCUT2D eigenvalue weighted by molar-refractivity contribution is 6.31. The van der Waals surface area contributed by atoms with Gasteiger partial charge in [-0.25, -0.2) is 0 Å². The zero-order valence-electron chi connectivity index (χ0n) is 11.7. The molecule has 0 bridgehead atoms. The van der Waals surface area contributed by atoms with Crippen LogP contribution >= 0.6 is 11.6 Å². The largest absolute Gasteiger partial charge is 0.394 e. The minimum atomic E-state index is -4.59. The first kappa shape index (κ1) is 16.6. The number of carbonyl (C=O) groups is 2. The first-order valence-electron chi connectivity index (χ1n) is 6.53. The molecule has 4 nitrogen and oxygen atoms in total. The van der Waals surface area contributed by atoms with Gasteiger partial charge in [-0.3, -0.25) is 9.59 Å². The quantitative estimate of drug-likeness (QED) is 0.902. The smallest absolute Gasteiger partial charge is 0.369 e. The van der Waals surface area contributed by atoms with Gasteiger partial charge in [0.25, 0.3) is 5.91 Å². The fourth-order valence-electron chi connectivity index (χ4n) is 2.60. The number of nitrogens with zero attached hydrogens (tertiary/aromatic N) is 1. The number of alkyl halides is 3. The highest BCUT2D eigenvalue weighted by Crippen LogP contribution is 2.38. The Morgan fingerprint density at radius 2 is 1.95 bits per heavy atom. The molecule has 2 N–H and O–H groups in total. The second kappa shape index (κ2) is 5.79. The molecule has 0 radical (unpaired) electrons. The summed E-state index contributed by atoms with van der Waals surface area (Å²) in [5.41, 5.74) is 5.75. The SMILES string of the molecule is Cc1c(Cl)cccc1C(=O)N1C[C@@H](C(F)(F)F)[C@H](C(N)=O)C1. The highest BCUT2D eigenvalue weighted by atomic mass is 35.5. The number of hydrogen-bond donors (Lipinski definition) is 1. The Hall–Kier alpha value is -1.76. The Labute approximate surface area is 130 Å². The number of carbonyl (C=O) groups excluding carboxylic acids is 2. The fraction of sp³-hybridized carbons (Fsp3) is 0.429. The van der Waals surface area contributed by atoms with Gasteiger partial charge in [-0.2, -0.15) is 13.2 Å². The minimum Gasteiger partial charge on any atom is -0.369 e. The average molecular weight is 335 g/mol. The molecule has 8 heteroatoms. The summed E-state index contributed by atoms with van der Waals surface area (Å²) in [4.78, 5) is 24.7. The fourth-order valence-corrected chi connectivity index (χ4v) is 2.77. The van der Waals surface area contributed by atoms with E-state index in [0.29, 0.717) is 10.6 Å². The number of amides is 2. The van der Waals surface area contributed by atoms with Gasteiger partial charge < -0.3 is 10.6 Å². The lowest BCUT2D eigenvalue weighted by Gasteiger charge is -2.19. The molecule has 1 aromatic carbocycles. The van der Waals surface area contributed by atoms with Crippen LogP contribution in [0.3, 0.4) is 0 Å². The molecule has 1 aromatic rings. The number of nitrogens with two attached hydrogens (primary N) is 1. The summed E-state index contributed by atoms with van der Waals surface area (Å²) >= 11 is 5.92. The summed E-state index contributed by atoms with van der Waals surface area (Å²) in [6.45, 7) is 0.685. The van der Waals surface area contributed by atoms with E-state index in [-0.39, 0.29) is 12.1 Å². The maximum Gasteiger partial charge on any atom is 0.394 e. The molecule has 2 amide bonds. The number of benzene rings is 1. The maximum absolute atomic E-state index is 13.0. The van der Waals surface area contributed by atoms with Crippen LogP contribution in [0.4, 0.5) is 13.2 Å². The highest BCUT2D eigenvalue weighted by Gasteiger charge is 2.52. The Morgan fingerprint density at radius 3 is 2.45 bits per heavy atom. The van der Waals surface area contributed by atoms with Crippen LogP contribution in [0.15, 0.2) is 18.2 Å². The van der Waals surface area contributed by atoms with Crippen molar-refractivity contribution in [3.05, 3.63) is 34.3 Å². The minimum absolute atomic E-state index is 0.221.